The molecule has 0 unspecified atom stereocenters. The molecule has 0 spiro atoms. The largest absolute Gasteiger partial charge is 0.370 e. The summed E-state index contributed by atoms with van der Waals surface area (Å²) >= 11 is 1.56. The number of hydrogen-bond donors (Lipinski definition) is 1. The van der Waals surface area contributed by atoms with Gasteiger partial charge in [0.1, 0.15) is 0 Å². The minimum Gasteiger partial charge on any atom is -0.370 e. The van der Waals surface area contributed by atoms with E-state index in [1.165, 1.54) is 0 Å². The summed E-state index contributed by atoms with van der Waals surface area (Å²) in [6.07, 6.45) is 0. The van der Waals surface area contributed by atoms with Gasteiger partial charge in [0.05, 0.1) is 17.7 Å². The van der Waals surface area contributed by atoms with Crippen molar-refractivity contribution in [2.45, 2.75) is 6.54 Å². The summed E-state index contributed by atoms with van der Waals surface area (Å²) in [7, 11) is 3.72. The summed E-state index contributed by atoms with van der Waals surface area (Å²) in [5.41, 5.74) is 8.34. The van der Waals surface area contributed by atoms with E-state index in [1.807, 2.05) is 19.5 Å². The van der Waals surface area contributed by atoms with Crippen molar-refractivity contribution in [2.75, 3.05) is 14.1 Å². The molecule has 0 saturated carbocycles. The maximum atomic E-state index is 5.58. The topological polar surface area (TPSA) is 54.5 Å². The molecule has 0 aliphatic heterocycles. The summed E-state index contributed by atoms with van der Waals surface area (Å²) in [4.78, 5) is 9.99. The zero-order chi connectivity index (χ0) is 8.97. The van der Waals surface area contributed by atoms with Gasteiger partial charge in [-0.2, -0.15) is 0 Å². The molecule has 0 amide bonds. The molecule has 0 aliphatic carbocycles. The van der Waals surface area contributed by atoms with E-state index in [0.29, 0.717) is 12.5 Å². The lowest BCUT2D eigenvalue weighted by molar-refractivity contribution is 0.609. The van der Waals surface area contributed by atoms with Gasteiger partial charge < -0.3 is 10.6 Å². The van der Waals surface area contributed by atoms with E-state index in [9.17, 15) is 0 Å². The Labute approximate surface area is 98.9 Å². The van der Waals surface area contributed by atoms with Crippen molar-refractivity contribution >= 4 is 41.3 Å². The highest BCUT2D eigenvalue weighted by Crippen LogP contribution is 2.01. The monoisotopic (exact) mass is 312 g/mol. The molecule has 0 radical (unpaired) electrons. The SMILES string of the molecule is CN(C)C(N)=NCc1cscn1.I. The van der Waals surface area contributed by atoms with Gasteiger partial charge in [-0.1, -0.05) is 0 Å². The van der Waals surface area contributed by atoms with Crippen LogP contribution in [0.25, 0.3) is 0 Å². The predicted molar refractivity (Wildman–Crippen MR) is 66.5 cm³/mol. The average Bonchev–Trinajstić information content (AvgIpc) is 2.51. The maximum Gasteiger partial charge on any atom is 0.191 e. The first kappa shape index (κ1) is 12.6. The first-order valence-electron chi connectivity index (χ1n) is 3.54. The molecule has 0 aromatic carbocycles. The minimum absolute atomic E-state index is 0. The van der Waals surface area contributed by atoms with E-state index in [-0.39, 0.29) is 24.0 Å². The van der Waals surface area contributed by atoms with Crippen LogP contribution in [0, 0.1) is 0 Å². The third-order valence-electron chi connectivity index (χ3n) is 1.34. The Morgan fingerprint density at radius 3 is 2.85 bits per heavy atom. The van der Waals surface area contributed by atoms with Crippen LogP contribution in [0.2, 0.25) is 0 Å². The molecule has 1 aromatic rings. The Bertz CT molecular complexity index is 257. The number of hydrogen-bond acceptors (Lipinski definition) is 3. The third-order valence-corrected chi connectivity index (χ3v) is 1.98. The second kappa shape index (κ2) is 6.14. The van der Waals surface area contributed by atoms with Gasteiger partial charge in [0.25, 0.3) is 0 Å². The van der Waals surface area contributed by atoms with Crippen LogP contribution in [0.15, 0.2) is 15.9 Å². The highest BCUT2D eigenvalue weighted by Gasteiger charge is 1.95. The normalized spacial score (nSPS) is 10.8. The predicted octanol–water partition coefficient (Wildman–Crippen LogP) is 1.14. The molecular formula is C7H13IN4S. The number of aliphatic imine (C=N–C) groups is 1. The van der Waals surface area contributed by atoms with Crippen molar-refractivity contribution in [3.8, 4) is 0 Å². The van der Waals surface area contributed by atoms with Crippen molar-refractivity contribution in [3.05, 3.63) is 16.6 Å². The van der Waals surface area contributed by atoms with Crippen LogP contribution in [0.4, 0.5) is 0 Å². The van der Waals surface area contributed by atoms with Gasteiger partial charge in [0.2, 0.25) is 0 Å². The zero-order valence-corrected chi connectivity index (χ0v) is 10.7. The number of thiazole rings is 1. The lowest BCUT2D eigenvalue weighted by Gasteiger charge is -2.09. The van der Waals surface area contributed by atoms with E-state index >= 15 is 0 Å². The van der Waals surface area contributed by atoms with Crippen molar-refractivity contribution in [1.82, 2.24) is 9.88 Å². The van der Waals surface area contributed by atoms with Crippen LogP contribution in [-0.4, -0.2) is 29.9 Å². The van der Waals surface area contributed by atoms with Crippen molar-refractivity contribution in [1.29, 1.82) is 0 Å². The van der Waals surface area contributed by atoms with E-state index in [0.717, 1.165) is 5.69 Å². The van der Waals surface area contributed by atoms with Gasteiger partial charge in [0.15, 0.2) is 5.96 Å². The third kappa shape index (κ3) is 4.41. The number of aromatic nitrogens is 1. The van der Waals surface area contributed by atoms with Crippen LogP contribution < -0.4 is 5.73 Å². The molecule has 2 N–H and O–H groups in total. The fourth-order valence-corrected chi connectivity index (χ4v) is 1.17. The Balaban J connectivity index is 0.00000144. The lowest BCUT2D eigenvalue weighted by Crippen LogP contribution is -2.30. The summed E-state index contributed by atoms with van der Waals surface area (Å²) in [5.74, 6) is 0.531. The number of nitrogens with zero attached hydrogens (tertiary/aromatic N) is 3. The molecule has 13 heavy (non-hydrogen) atoms. The Hall–Kier alpha value is -0.370. The van der Waals surface area contributed by atoms with Gasteiger partial charge >= 0.3 is 0 Å². The minimum atomic E-state index is 0. The summed E-state index contributed by atoms with van der Waals surface area (Å²) < 4.78 is 0. The van der Waals surface area contributed by atoms with Crippen LogP contribution in [0.1, 0.15) is 5.69 Å². The van der Waals surface area contributed by atoms with Crippen LogP contribution in [0.3, 0.4) is 0 Å². The Morgan fingerprint density at radius 1 is 1.69 bits per heavy atom. The molecule has 0 saturated heterocycles. The van der Waals surface area contributed by atoms with Gasteiger partial charge in [-0.15, -0.1) is 35.3 Å². The van der Waals surface area contributed by atoms with Crippen molar-refractivity contribution in [3.63, 3.8) is 0 Å². The highest BCUT2D eigenvalue weighted by molar-refractivity contribution is 14.0. The first-order chi connectivity index (χ1) is 5.70. The molecule has 1 rings (SSSR count). The Kier molecular flexibility index (Phi) is 5.97. The fraction of sp³-hybridized carbons (Fsp3) is 0.429. The van der Waals surface area contributed by atoms with Crippen LogP contribution >= 0.6 is 35.3 Å². The molecular weight excluding hydrogens is 299 g/mol. The van der Waals surface area contributed by atoms with E-state index < -0.39 is 0 Å². The van der Waals surface area contributed by atoms with E-state index in [1.54, 1.807) is 21.7 Å². The van der Waals surface area contributed by atoms with Gasteiger partial charge in [-0.3, -0.25) is 0 Å². The van der Waals surface area contributed by atoms with Gasteiger partial charge in [-0.25, -0.2) is 9.98 Å². The molecule has 1 heterocycles. The summed E-state index contributed by atoms with van der Waals surface area (Å²) in [6.45, 7) is 0.563. The molecule has 0 fully saturated rings. The van der Waals surface area contributed by atoms with Crippen LogP contribution in [0.5, 0.6) is 0 Å². The molecule has 0 aliphatic rings. The number of halogens is 1. The van der Waals surface area contributed by atoms with E-state index in [4.69, 9.17) is 5.73 Å². The summed E-state index contributed by atoms with van der Waals surface area (Å²) in [5, 5.41) is 1.96. The smallest absolute Gasteiger partial charge is 0.191 e. The molecule has 1 aromatic heterocycles. The van der Waals surface area contributed by atoms with Gasteiger partial charge in [0, 0.05) is 19.5 Å². The second-order valence-corrected chi connectivity index (χ2v) is 3.27. The maximum absolute atomic E-state index is 5.58. The molecule has 0 bridgehead atoms. The van der Waals surface area contributed by atoms with E-state index in [2.05, 4.69) is 9.98 Å². The number of rotatable bonds is 2. The zero-order valence-electron chi connectivity index (χ0n) is 7.60. The first-order valence-corrected chi connectivity index (χ1v) is 4.48. The number of guanidine groups is 1. The molecule has 74 valence electrons. The quantitative estimate of drug-likeness (QED) is 0.506. The van der Waals surface area contributed by atoms with Crippen LogP contribution in [-0.2, 0) is 6.54 Å². The molecule has 6 heteroatoms. The molecule has 0 atom stereocenters. The fourth-order valence-electron chi connectivity index (χ4n) is 0.619. The van der Waals surface area contributed by atoms with Crippen molar-refractivity contribution < 1.29 is 0 Å². The standard InChI is InChI=1S/C7H12N4S.HI/c1-11(2)7(8)9-3-6-4-12-5-10-6;/h4-5H,3H2,1-2H3,(H2,8,9);1H. The highest BCUT2D eigenvalue weighted by atomic mass is 127. The second-order valence-electron chi connectivity index (χ2n) is 2.55. The molecule has 4 nitrogen and oxygen atoms in total. The van der Waals surface area contributed by atoms with Gasteiger partial charge in [-0.05, 0) is 0 Å². The number of nitrogens with two attached hydrogens (primary N) is 1. The summed E-state index contributed by atoms with van der Waals surface area (Å²) in [6, 6.07) is 0. The van der Waals surface area contributed by atoms with Crippen molar-refractivity contribution in [2.24, 2.45) is 10.7 Å². The lowest BCUT2D eigenvalue weighted by atomic mass is 10.5. The Morgan fingerprint density at radius 2 is 2.38 bits per heavy atom. The average molecular weight is 312 g/mol.